The van der Waals surface area contributed by atoms with E-state index >= 15 is 0 Å². The molecule has 1 N–H and O–H groups in total. The molecular weight excluding hydrogens is 280 g/mol. The van der Waals surface area contributed by atoms with Crippen molar-refractivity contribution in [2.24, 2.45) is 0 Å². The molecule has 120 valence electrons. The van der Waals surface area contributed by atoms with Gasteiger partial charge in [0.25, 0.3) is 0 Å². The molecule has 0 saturated carbocycles. The van der Waals surface area contributed by atoms with E-state index in [1.165, 1.54) is 0 Å². The number of carbonyl (C=O) groups is 2. The Balaban J connectivity index is 1.94. The third kappa shape index (κ3) is 4.76. The van der Waals surface area contributed by atoms with E-state index in [1.54, 1.807) is 25.7 Å². The number of nitrogens with zero attached hydrogens (tertiary/aromatic N) is 1. The number of rotatable bonds is 3. The minimum atomic E-state index is -0.564. The number of nitrogens with one attached hydrogen (secondary N) is 1. The number of piperidine rings is 1. The molecule has 1 aliphatic rings. The van der Waals surface area contributed by atoms with Crippen LogP contribution in [0, 0.1) is 0 Å². The van der Waals surface area contributed by atoms with E-state index in [9.17, 15) is 9.59 Å². The van der Waals surface area contributed by atoms with Crippen LogP contribution in [0.15, 0.2) is 30.3 Å². The third-order valence-electron chi connectivity index (χ3n) is 3.44. The molecule has 1 aliphatic heterocycles. The molecule has 5 nitrogen and oxygen atoms in total. The molecular formula is C17H24N2O3. The summed E-state index contributed by atoms with van der Waals surface area (Å²) in [6.07, 6.45) is 0.995. The number of hydrogen-bond donors (Lipinski definition) is 1. The number of alkyl carbamates (subject to hydrolysis) is 1. The highest BCUT2D eigenvalue weighted by Gasteiger charge is 2.31. The lowest BCUT2D eigenvalue weighted by molar-refractivity contribution is -0.136. The quantitative estimate of drug-likeness (QED) is 0.934. The summed E-state index contributed by atoms with van der Waals surface area (Å²) in [6.45, 7) is 6.71. The average Bonchev–Trinajstić information content (AvgIpc) is 2.42. The van der Waals surface area contributed by atoms with Gasteiger partial charge < -0.3 is 15.0 Å². The molecule has 2 amide bonds. The van der Waals surface area contributed by atoms with Gasteiger partial charge in [-0.3, -0.25) is 4.79 Å². The van der Waals surface area contributed by atoms with Crippen LogP contribution in [0.3, 0.4) is 0 Å². The summed E-state index contributed by atoms with van der Waals surface area (Å²) in [5.74, 6) is -0.0408. The second kappa shape index (κ2) is 6.81. The molecule has 22 heavy (non-hydrogen) atoms. The maximum absolute atomic E-state index is 12.5. The van der Waals surface area contributed by atoms with Crippen molar-refractivity contribution in [3.8, 4) is 0 Å². The highest BCUT2D eigenvalue weighted by Crippen LogP contribution is 2.16. The fourth-order valence-corrected chi connectivity index (χ4v) is 2.48. The van der Waals surface area contributed by atoms with Crippen molar-refractivity contribution < 1.29 is 14.3 Å². The molecule has 1 atom stereocenters. The molecule has 0 spiro atoms. The minimum Gasteiger partial charge on any atom is -0.444 e. The topological polar surface area (TPSA) is 58.6 Å². The van der Waals surface area contributed by atoms with E-state index in [0.717, 1.165) is 18.5 Å². The predicted octanol–water partition coefficient (Wildman–Crippen LogP) is 2.70. The van der Waals surface area contributed by atoms with Crippen molar-refractivity contribution >= 4 is 12.0 Å². The molecule has 1 aromatic carbocycles. The smallest absolute Gasteiger partial charge is 0.408 e. The maximum atomic E-state index is 12.5. The van der Waals surface area contributed by atoms with Gasteiger partial charge in [-0.05, 0) is 39.2 Å². The molecule has 0 aromatic heterocycles. The van der Waals surface area contributed by atoms with Gasteiger partial charge in [0, 0.05) is 13.1 Å². The Labute approximate surface area is 131 Å². The summed E-state index contributed by atoms with van der Waals surface area (Å²) in [5, 5.41) is 2.69. The van der Waals surface area contributed by atoms with Crippen LogP contribution < -0.4 is 5.32 Å². The Morgan fingerprint density at radius 3 is 2.64 bits per heavy atom. The van der Waals surface area contributed by atoms with Gasteiger partial charge in [-0.1, -0.05) is 30.3 Å². The van der Waals surface area contributed by atoms with Gasteiger partial charge in [0.15, 0.2) is 0 Å². The van der Waals surface area contributed by atoms with Gasteiger partial charge in [0.1, 0.15) is 11.6 Å². The van der Waals surface area contributed by atoms with Crippen LogP contribution >= 0.6 is 0 Å². The van der Waals surface area contributed by atoms with Crippen LogP contribution in [0.1, 0.15) is 39.2 Å². The monoisotopic (exact) mass is 304 g/mol. The normalized spacial score (nSPS) is 19.0. The molecule has 0 radical (unpaired) electrons. The number of hydrogen-bond acceptors (Lipinski definition) is 3. The summed E-state index contributed by atoms with van der Waals surface area (Å²) < 4.78 is 5.22. The van der Waals surface area contributed by atoms with Crippen molar-refractivity contribution in [3.05, 3.63) is 35.9 Å². The predicted molar refractivity (Wildman–Crippen MR) is 84.3 cm³/mol. The van der Waals surface area contributed by atoms with E-state index in [0.29, 0.717) is 13.0 Å². The highest BCUT2D eigenvalue weighted by molar-refractivity contribution is 5.86. The maximum Gasteiger partial charge on any atom is 0.408 e. The van der Waals surface area contributed by atoms with Crippen LogP contribution in [0.4, 0.5) is 4.79 Å². The standard InChI is InChI=1S/C17H24N2O3/c1-17(2,3)22-16(21)18-14-10-7-11-19(15(14)20)12-13-8-5-4-6-9-13/h4-6,8-9,14H,7,10-12H2,1-3H3,(H,18,21). The van der Waals surface area contributed by atoms with Crippen molar-refractivity contribution in [3.63, 3.8) is 0 Å². The van der Waals surface area contributed by atoms with Gasteiger partial charge >= 0.3 is 6.09 Å². The Morgan fingerprint density at radius 1 is 1.32 bits per heavy atom. The van der Waals surface area contributed by atoms with E-state index in [1.807, 2.05) is 30.3 Å². The molecule has 1 heterocycles. The second-order valence-electron chi connectivity index (χ2n) is 6.59. The molecule has 1 aromatic rings. The van der Waals surface area contributed by atoms with E-state index in [-0.39, 0.29) is 5.91 Å². The van der Waals surface area contributed by atoms with Gasteiger partial charge in [-0.15, -0.1) is 0 Å². The second-order valence-corrected chi connectivity index (χ2v) is 6.59. The molecule has 5 heteroatoms. The van der Waals surface area contributed by atoms with Gasteiger partial charge in [0.05, 0.1) is 0 Å². The number of ether oxygens (including phenoxy) is 1. The van der Waals surface area contributed by atoms with Crippen molar-refractivity contribution in [2.75, 3.05) is 6.54 Å². The number of benzene rings is 1. The molecule has 2 rings (SSSR count). The van der Waals surface area contributed by atoms with E-state index < -0.39 is 17.7 Å². The lowest BCUT2D eigenvalue weighted by Gasteiger charge is -2.33. The fourth-order valence-electron chi connectivity index (χ4n) is 2.48. The molecule has 1 fully saturated rings. The fraction of sp³-hybridized carbons (Fsp3) is 0.529. The number of amides is 2. The average molecular weight is 304 g/mol. The zero-order chi connectivity index (χ0) is 16.2. The van der Waals surface area contributed by atoms with Crippen LogP contribution in [-0.2, 0) is 16.1 Å². The summed E-state index contributed by atoms with van der Waals surface area (Å²) in [4.78, 5) is 26.1. The summed E-state index contributed by atoms with van der Waals surface area (Å²) in [7, 11) is 0. The summed E-state index contributed by atoms with van der Waals surface area (Å²) in [5.41, 5.74) is 0.527. The van der Waals surface area contributed by atoms with Gasteiger partial charge in [-0.25, -0.2) is 4.79 Å². The zero-order valence-corrected chi connectivity index (χ0v) is 13.5. The largest absolute Gasteiger partial charge is 0.444 e. The van der Waals surface area contributed by atoms with Crippen LogP contribution in [0.5, 0.6) is 0 Å². The Kier molecular flexibility index (Phi) is 5.06. The highest BCUT2D eigenvalue weighted by atomic mass is 16.6. The summed E-state index contributed by atoms with van der Waals surface area (Å²) >= 11 is 0. The minimum absolute atomic E-state index is 0.0408. The first-order chi connectivity index (χ1) is 10.3. The Hall–Kier alpha value is -2.04. The van der Waals surface area contributed by atoms with Crippen LogP contribution in [0.2, 0.25) is 0 Å². The van der Waals surface area contributed by atoms with Crippen LogP contribution in [0.25, 0.3) is 0 Å². The lowest BCUT2D eigenvalue weighted by atomic mass is 10.0. The van der Waals surface area contributed by atoms with Crippen LogP contribution in [-0.4, -0.2) is 35.1 Å². The van der Waals surface area contributed by atoms with Crippen molar-refractivity contribution in [2.45, 2.75) is 51.8 Å². The number of carbonyl (C=O) groups excluding carboxylic acids is 2. The lowest BCUT2D eigenvalue weighted by Crippen LogP contribution is -2.52. The first kappa shape index (κ1) is 16.3. The Bertz CT molecular complexity index is 522. The van der Waals surface area contributed by atoms with Gasteiger partial charge in [0.2, 0.25) is 5.91 Å². The third-order valence-corrected chi connectivity index (χ3v) is 3.44. The zero-order valence-electron chi connectivity index (χ0n) is 13.5. The Morgan fingerprint density at radius 2 is 2.00 bits per heavy atom. The molecule has 0 aliphatic carbocycles. The van der Waals surface area contributed by atoms with Gasteiger partial charge in [-0.2, -0.15) is 0 Å². The van der Waals surface area contributed by atoms with E-state index in [4.69, 9.17) is 4.74 Å². The van der Waals surface area contributed by atoms with Crippen molar-refractivity contribution in [1.82, 2.24) is 10.2 Å². The molecule has 0 bridgehead atoms. The molecule has 1 unspecified atom stereocenters. The first-order valence-corrected chi connectivity index (χ1v) is 7.67. The summed E-state index contributed by atoms with van der Waals surface area (Å²) in [6, 6.07) is 9.37. The number of likely N-dealkylation sites (tertiary alicyclic amines) is 1. The SMILES string of the molecule is CC(C)(C)OC(=O)NC1CCCN(Cc2ccccc2)C1=O. The van der Waals surface area contributed by atoms with Crippen molar-refractivity contribution in [1.29, 1.82) is 0 Å². The molecule has 1 saturated heterocycles. The first-order valence-electron chi connectivity index (χ1n) is 7.67. The van der Waals surface area contributed by atoms with E-state index in [2.05, 4.69) is 5.32 Å².